The fourth-order valence-corrected chi connectivity index (χ4v) is 2.89. The average molecular weight is 338 g/mol. The van der Waals surface area contributed by atoms with E-state index in [1.165, 1.54) is 5.56 Å². The van der Waals surface area contributed by atoms with E-state index >= 15 is 0 Å². The Morgan fingerprint density at radius 2 is 1.96 bits per heavy atom. The van der Waals surface area contributed by atoms with Crippen LogP contribution in [0.25, 0.3) is 0 Å². The Bertz CT molecular complexity index is 773. The van der Waals surface area contributed by atoms with E-state index in [1.54, 1.807) is 12.1 Å². The number of nitrogens with one attached hydrogen (secondary N) is 2. The first-order chi connectivity index (χ1) is 12.1. The highest BCUT2D eigenvalue weighted by atomic mass is 16.5. The van der Waals surface area contributed by atoms with Crippen molar-refractivity contribution < 1.29 is 14.3 Å². The lowest BCUT2D eigenvalue weighted by Crippen LogP contribution is -2.40. The molecule has 130 valence electrons. The van der Waals surface area contributed by atoms with Gasteiger partial charge in [0, 0.05) is 18.0 Å². The minimum Gasteiger partial charge on any atom is -0.493 e. The minimum absolute atomic E-state index is 0.0308. The van der Waals surface area contributed by atoms with Crippen LogP contribution >= 0.6 is 0 Å². The first-order valence-electron chi connectivity index (χ1n) is 8.44. The van der Waals surface area contributed by atoms with Crippen LogP contribution in [0.2, 0.25) is 0 Å². The SMILES string of the molecule is Cc1cccc(C(=O)NCC(=O)NCC2COc3ccccc3C2)c1. The predicted molar refractivity (Wildman–Crippen MR) is 95.7 cm³/mol. The van der Waals surface area contributed by atoms with E-state index < -0.39 is 0 Å². The zero-order chi connectivity index (χ0) is 17.6. The molecule has 0 saturated carbocycles. The molecule has 0 aliphatic carbocycles. The number of carbonyl (C=O) groups is 2. The van der Waals surface area contributed by atoms with Gasteiger partial charge in [-0.25, -0.2) is 0 Å². The van der Waals surface area contributed by atoms with E-state index in [2.05, 4.69) is 10.6 Å². The van der Waals surface area contributed by atoms with E-state index in [1.807, 2.05) is 43.3 Å². The molecule has 2 aromatic carbocycles. The highest BCUT2D eigenvalue weighted by molar-refractivity contribution is 5.96. The summed E-state index contributed by atoms with van der Waals surface area (Å²) >= 11 is 0. The van der Waals surface area contributed by atoms with Gasteiger partial charge in [0.2, 0.25) is 5.91 Å². The lowest BCUT2D eigenvalue weighted by atomic mass is 9.97. The third kappa shape index (κ3) is 4.59. The lowest BCUT2D eigenvalue weighted by Gasteiger charge is -2.25. The summed E-state index contributed by atoms with van der Waals surface area (Å²) < 4.78 is 5.71. The standard InChI is InChI=1S/C20H22N2O3/c1-14-5-4-7-17(9-14)20(24)22-12-19(23)21-11-15-10-16-6-2-3-8-18(16)25-13-15/h2-9,15H,10-13H2,1H3,(H,21,23)(H,22,24). The normalized spacial score (nSPS) is 15.6. The summed E-state index contributed by atoms with van der Waals surface area (Å²) in [4.78, 5) is 24.0. The molecule has 25 heavy (non-hydrogen) atoms. The fourth-order valence-electron chi connectivity index (χ4n) is 2.89. The van der Waals surface area contributed by atoms with E-state index in [0.717, 1.165) is 17.7 Å². The average Bonchev–Trinajstić information content (AvgIpc) is 2.64. The van der Waals surface area contributed by atoms with Crippen molar-refractivity contribution in [2.24, 2.45) is 5.92 Å². The molecule has 5 heteroatoms. The number of benzene rings is 2. The highest BCUT2D eigenvalue weighted by Crippen LogP contribution is 2.26. The van der Waals surface area contributed by atoms with E-state index in [0.29, 0.717) is 18.7 Å². The molecule has 3 rings (SSSR count). The van der Waals surface area contributed by atoms with Gasteiger partial charge in [0.15, 0.2) is 0 Å². The summed E-state index contributed by atoms with van der Waals surface area (Å²) in [5.41, 5.74) is 2.74. The molecule has 0 bridgehead atoms. The van der Waals surface area contributed by atoms with Crippen molar-refractivity contribution in [1.82, 2.24) is 10.6 Å². The Hall–Kier alpha value is -2.82. The number of rotatable bonds is 5. The summed E-state index contributed by atoms with van der Waals surface area (Å²) in [7, 11) is 0. The third-order valence-electron chi connectivity index (χ3n) is 4.23. The van der Waals surface area contributed by atoms with Gasteiger partial charge in [0.05, 0.1) is 13.2 Å². The van der Waals surface area contributed by atoms with Gasteiger partial charge in [-0.05, 0) is 37.1 Å². The van der Waals surface area contributed by atoms with E-state index in [-0.39, 0.29) is 24.3 Å². The van der Waals surface area contributed by atoms with Gasteiger partial charge in [0.25, 0.3) is 5.91 Å². The third-order valence-corrected chi connectivity index (χ3v) is 4.23. The quantitative estimate of drug-likeness (QED) is 0.877. The largest absolute Gasteiger partial charge is 0.493 e. The van der Waals surface area contributed by atoms with Gasteiger partial charge in [-0.15, -0.1) is 0 Å². The Balaban J connectivity index is 1.42. The van der Waals surface area contributed by atoms with Gasteiger partial charge in [0.1, 0.15) is 5.75 Å². The molecule has 1 aliphatic rings. The van der Waals surface area contributed by atoms with Crippen LogP contribution in [0, 0.1) is 12.8 Å². The molecule has 2 N–H and O–H groups in total. The Labute approximate surface area is 147 Å². The summed E-state index contributed by atoms with van der Waals surface area (Å²) in [5.74, 6) is 0.732. The minimum atomic E-state index is -0.242. The van der Waals surface area contributed by atoms with E-state index in [9.17, 15) is 9.59 Å². The maximum atomic E-state index is 12.0. The van der Waals surface area contributed by atoms with Crippen LogP contribution < -0.4 is 15.4 Å². The molecule has 0 saturated heterocycles. The second kappa shape index (κ2) is 7.83. The van der Waals surface area contributed by atoms with Crippen LogP contribution in [0.15, 0.2) is 48.5 Å². The van der Waals surface area contributed by atoms with E-state index in [4.69, 9.17) is 4.74 Å². The fraction of sp³-hybridized carbons (Fsp3) is 0.300. The maximum absolute atomic E-state index is 12.0. The van der Waals surface area contributed by atoms with Crippen LogP contribution in [0.5, 0.6) is 5.75 Å². The molecule has 1 heterocycles. The molecule has 5 nitrogen and oxygen atoms in total. The first kappa shape index (κ1) is 17.0. The zero-order valence-electron chi connectivity index (χ0n) is 14.2. The van der Waals surface area contributed by atoms with Crippen molar-refractivity contribution in [2.45, 2.75) is 13.3 Å². The summed E-state index contributed by atoms with van der Waals surface area (Å²) in [5, 5.41) is 5.51. The zero-order valence-corrected chi connectivity index (χ0v) is 14.2. The van der Waals surface area contributed by atoms with Crippen LogP contribution in [0.4, 0.5) is 0 Å². The number of aryl methyl sites for hydroxylation is 1. The van der Waals surface area contributed by atoms with Gasteiger partial charge in [-0.1, -0.05) is 35.9 Å². The molecule has 0 fully saturated rings. The van der Waals surface area contributed by atoms with Crippen LogP contribution in [-0.2, 0) is 11.2 Å². The highest BCUT2D eigenvalue weighted by Gasteiger charge is 2.20. The number of hydrogen-bond donors (Lipinski definition) is 2. The van der Waals surface area contributed by atoms with Crippen LogP contribution in [-0.4, -0.2) is 31.5 Å². The van der Waals surface area contributed by atoms with Crippen LogP contribution in [0.3, 0.4) is 0 Å². The molecular weight excluding hydrogens is 316 g/mol. The smallest absolute Gasteiger partial charge is 0.251 e. The van der Waals surface area contributed by atoms with Crippen molar-refractivity contribution >= 4 is 11.8 Å². The molecule has 0 aromatic heterocycles. The molecule has 2 amide bonds. The second-order valence-electron chi connectivity index (χ2n) is 6.35. The molecule has 0 radical (unpaired) electrons. The summed E-state index contributed by atoms with van der Waals surface area (Å²) in [6.45, 7) is 3.02. The molecular formula is C20H22N2O3. The topological polar surface area (TPSA) is 67.4 Å². The predicted octanol–water partition coefficient (Wildman–Crippen LogP) is 2.09. The lowest BCUT2D eigenvalue weighted by molar-refractivity contribution is -0.120. The number of ether oxygens (including phenoxy) is 1. The molecule has 0 spiro atoms. The Morgan fingerprint density at radius 3 is 2.80 bits per heavy atom. The van der Waals surface area contributed by atoms with Gasteiger partial charge < -0.3 is 15.4 Å². The second-order valence-corrected chi connectivity index (χ2v) is 6.35. The number of hydrogen-bond acceptors (Lipinski definition) is 3. The molecule has 1 atom stereocenters. The number of amides is 2. The molecule has 1 aliphatic heterocycles. The summed E-state index contributed by atoms with van der Waals surface area (Å²) in [6, 6.07) is 15.2. The van der Waals surface area contributed by atoms with Crippen LogP contribution in [0.1, 0.15) is 21.5 Å². The Morgan fingerprint density at radius 1 is 1.12 bits per heavy atom. The monoisotopic (exact) mass is 338 g/mol. The number of fused-ring (bicyclic) bond motifs is 1. The number of para-hydroxylation sites is 1. The van der Waals surface area contributed by atoms with Crippen molar-refractivity contribution in [1.29, 1.82) is 0 Å². The summed E-state index contributed by atoms with van der Waals surface area (Å²) in [6.07, 6.45) is 0.881. The Kier molecular flexibility index (Phi) is 5.33. The van der Waals surface area contributed by atoms with Gasteiger partial charge >= 0.3 is 0 Å². The maximum Gasteiger partial charge on any atom is 0.251 e. The van der Waals surface area contributed by atoms with Gasteiger partial charge in [-0.2, -0.15) is 0 Å². The van der Waals surface area contributed by atoms with Crippen molar-refractivity contribution in [3.8, 4) is 5.75 Å². The number of carbonyl (C=O) groups excluding carboxylic acids is 2. The molecule has 2 aromatic rings. The van der Waals surface area contributed by atoms with Gasteiger partial charge in [-0.3, -0.25) is 9.59 Å². The van der Waals surface area contributed by atoms with Crippen molar-refractivity contribution in [3.63, 3.8) is 0 Å². The molecule has 1 unspecified atom stereocenters. The first-order valence-corrected chi connectivity index (χ1v) is 8.44. The van der Waals surface area contributed by atoms with Crippen molar-refractivity contribution in [2.75, 3.05) is 19.7 Å². The van der Waals surface area contributed by atoms with Crippen molar-refractivity contribution in [3.05, 3.63) is 65.2 Å².